The Balaban J connectivity index is 1.96. The van der Waals surface area contributed by atoms with Crippen molar-refractivity contribution in [1.82, 2.24) is 4.90 Å². The number of carbonyl (C=O) groups excluding carboxylic acids is 1. The predicted molar refractivity (Wildman–Crippen MR) is 111 cm³/mol. The fraction of sp³-hybridized carbons (Fsp3) is 0.375. The minimum atomic E-state index is -0.682. The van der Waals surface area contributed by atoms with Crippen LogP contribution in [0.5, 0.6) is 0 Å². The average molecular weight is 380 g/mol. The Bertz CT molecular complexity index is 837. The fourth-order valence-corrected chi connectivity index (χ4v) is 3.88. The summed E-state index contributed by atoms with van der Waals surface area (Å²) in [4.78, 5) is 15.1. The van der Waals surface area contributed by atoms with Crippen LogP contribution in [-0.2, 0) is 6.42 Å². The molecule has 1 aliphatic rings. The first-order valence-corrected chi connectivity index (χ1v) is 9.95. The lowest BCUT2D eigenvalue weighted by Gasteiger charge is -2.30. The maximum atomic E-state index is 13.3. The molecular weight excluding hydrogens is 350 g/mol. The molecule has 2 aromatic rings. The molecule has 0 aliphatic carbocycles. The number of hydrogen-bond acceptors (Lipinski definition) is 4. The van der Waals surface area contributed by atoms with Crippen LogP contribution in [0.4, 0.5) is 0 Å². The van der Waals surface area contributed by atoms with Crippen LogP contribution in [0.3, 0.4) is 0 Å². The van der Waals surface area contributed by atoms with E-state index in [-0.39, 0.29) is 17.6 Å². The summed E-state index contributed by atoms with van der Waals surface area (Å²) >= 11 is 0. The highest BCUT2D eigenvalue weighted by Gasteiger charge is 2.41. The predicted octanol–water partition coefficient (Wildman–Crippen LogP) is 4.58. The van der Waals surface area contributed by atoms with Gasteiger partial charge in [0.2, 0.25) is 0 Å². The summed E-state index contributed by atoms with van der Waals surface area (Å²) in [5.74, 6) is -0.739. The zero-order valence-electron chi connectivity index (χ0n) is 16.8. The first kappa shape index (κ1) is 20.2. The molecule has 3 unspecified atom stereocenters. The van der Waals surface area contributed by atoms with E-state index in [1.165, 1.54) is 5.56 Å². The molecule has 0 radical (unpaired) electrons. The summed E-state index contributed by atoms with van der Waals surface area (Å²) in [6, 6.07) is 15.3. The van der Waals surface area contributed by atoms with Crippen LogP contribution in [0.1, 0.15) is 53.4 Å². The lowest BCUT2D eigenvalue weighted by atomic mass is 9.86. The Kier molecular flexibility index (Phi) is 6.20. The molecule has 28 heavy (non-hydrogen) atoms. The normalized spacial score (nSPS) is 20.1. The van der Waals surface area contributed by atoms with Crippen LogP contribution < -0.4 is 0 Å². The van der Waals surface area contributed by atoms with Gasteiger partial charge < -0.3 is 15.1 Å². The van der Waals surface area contributed by atoms with Gasteiger partial charge in [-0.3, -0.25) is 4.79 Å². The molecule has 4 nitrogen and oxygen atoms in total. The summed E-state index contributed by atoms with van der Waals surface area (Å²) in [6.07, 6.45) is 3.12. The highest BCUT2D eigenvalue weighted by molar-refractivity contribution is 6.00. The zero-order chi connectivity index (χ0) is 20.3. The Morgan fingerprint density at radius 2 is 1.75 bits per heavy atom. The van der Waals surface area contributed by atoms with E-state index in [1.807, 2.05) is 48.2 Å². The SMILES string of the molecule is CCCc1ccc(C2C(C(=O)c3ccc(C)cc3)C(O)=CN2CC(C)O)cc1. The molecular formula is C24H29NO3. The summed E-state index contributed by atoms with van der Waals surface area (Å²) < 4.78 is 0. The lowest BCUT2D eigenvalue weighted by molar-refractivity contribution is 0.0823. The Morgan fingerprint density at radius 3 is 2.32 bits per heavy atom. The topological polar surface area (TPSA) is 60.8 Å². The number of hydrogen-bond donors (Lipinski definition) is 2. The van der Waals surface area contributed by atoms with Crippen LogP contribution in [0.15, 0.2) is 60.5 Å². The van der Waals surface area contributed by atoms with Crippen molar-refractivity contribution in [1.29, 1.82) is 0 Å². The van der Waals surface area contributed by atoms with E-state index in [0.717, 1.165) is 24.0 Å². The number of carbonyl (C=O) groups is 1. The molecule has 0 saturated heterocycles. The van der Waals surface area contributed by atoms with Crippen molar-refractivity contribution in [2.75, 3.05) is 6.54 Å². The molecule has 4 heteroatoms. The number of β-amino-alcohol motifs (C(OH)–C–C–N with tert-alkyl or cyclic N) is 1. The molecule has 0 fully saturated rings. The fourth-order valence-electron chi connectivity index (χ4n) is 3.88. The van der Waals surface area contributed by atoms with E-state index in [9.17, 15) is 15.0 Å². The van der Waals surface area contributed by atoms with Crippen molar-refractivity contribution >= 4 is 5.78 Å². The minimum Gasteiger partial charge on any atom is -0.510 e. The number of aliphatic hydroxyl groups excluding tert-OH is 2. The van der Waals surface area contributed by atoms with E-state index in [2.05, 4.69) is 19.1 Å². The molecule has 2 N–H and O–H groups in total. The van der Waals surface area contributed by atoms with Crippen LogP contribution in [0.2, 0.25) is 0 Å². The van der Waals surface area contributed by atoms with Gasteiger partial charge in [0.05, 0.1) is 12.1 Å². The van der Waals surface area contributed by atoms with Gasteiger partial charge in [-0.25, -0.2) is 0 Å². The van der Waals surface area contributed by atoms with Crippen molar-refractivity contribution in [3.63, 3.8) is 0 Å². The van der Waals surface area contributed by atoms with Crippen LogP contribution in [0.25, 0.3) is 0 Å². The third kappa shape index (κ3) is 4.28. The van der Waals surface area contributed by atoms with Crippen molar-refractivity contribution in [2.45, 2.75) is 45.8 Å². The molecule has 3 rings (SSSR count). The molecule has 148 valence electrons. The van der Waals surface area contributed by atoms with E-state index in [4.69, 9.17) is 0 Å². The van der Waals surface area contributed by atoms with Crippen molar-refractivity contribution in [3.05, 3.63) is 82.7 Å². The maximum absolute atomic E-state index is 13.3. The summed E-state index contributed by atoms with van der Waals surface area (Å²) in [5, 5.41) is 20.6. The number of Topliss-reactive ketones (excluding diaryl/α,β-unsaturated/α-hetero) is 1. The molecule has 3 atom stereocenters. The second-order valence-electron chi connectivity index (χ2n) is 7.74. The molecule has 1 heterocycles. The standard InChI is InChI=1S/C24H29NO3/c1-4-5-18-8-12-19(13-9-18)23-22(21(27)15-25(23)14-17(3)26)24(28)20-10-6-16(2)7-11-20/h6-13,15,17,22-23,26-27H,4-5,14H2,1-3H3. The highest BCUT2D eigenvalue weighted by atomic mass is 16.3. The lowest BCUT2D eigenvalue weighted by Crippen LogP contribution is -2.33. The smallest absolute Gasteiger partial charge is 0.175 e. The molecule has 0 spiro atoms. The van der Waals surface area contributed by atoms with Gasteiger partial charge in [0, 0.05) is 18.3 Å². The molecule has 0 bridgehead atoms. The number of aliphatic hydroxyl groups is 2. The molecule has 0 aromatic heterocycles. The van der Waals surface area contributed by atoms with Gasteiger partial charge in [-0.1, -0.05) is 67.4 Å². The highest BCUT2D eigenvalue weighted by Crippen LogP contribution is 2.41. The van der Waals surface area contributed by atoms with Crippen LogP contribution in [-0.4, -0.2) is 33.5 Å². The molecule has 1 aliphatic heterocycles. The number of ketones is 1. The summed E-state index contributed by atoms with van der Waals surface area (Å²) in [6.45, 7) is 6.18. The summed E-state index contributed by atoms with van der Waals surface area (Å²) in [5.41, 5.74) is 3.89. The first-order chi connectivity index (χ1) is 13.4. The Labute approximate surface area is 167 Å². The molecule has 2 aromatic carbocycles. The second-order valence-corrected chi connectivity index (χ2v) is 7.74. The Morgan fingerprint density at radius 1 is 1.11 bits per heavy atom. The molecule has 0 amide bonds. The van der Waals surface area contributed by atoms with E-state index in [1.54, 1.807) is 13.1 Å². The molecule has 0 saturated carbocycles. The second kappa shape index (κ2) is 8.61. The Hall–Kier alpha value is -2.59. The van der Waals surface area contributed by atoms with Crippen molar-refractivity contribution < 1.29 is 15.0 Å². The average Bonchev–Trinajstić information content (AvgIpc) is 2.97. The van der Waals surface area contributed by atoms with Crippen molar-refractivity contribution in [2.24, 2.45) is 5.92 Å². The third-order valence-corrected chi connectivity index (χ3v) is 5.24. The van der Waals surface area contributed by atoms with Crippen molar-refractivity contribution in [3.8, 4) is 0 Å². The number of aryl methyl sites for hydroxylation is 2. The zero-order valence-corrected chi connectivity index (χ0v) is 16.8. The van der Waals surface area contributed by atoms with Gasteiger partial charge in [0.15, 0.2) is 5.78 Å². The van der Waals surface area contributed by atoms with Gasteiger partial charge >= 0.3 is 0 Å². The summed E-state index contributed by atoms with van der Waals surface area (Å²) in [7, 11) is 0. The minimum absolute atomic E-state index is 0.0499. The number of nitrogens with zero attached hydrogens (tertiary/aromatic N) is 1. The van der Waals surface area contributed by atoms with E-state index < -0.39 is 12.0 Å². The van der Waals surface area contributed by atoms with E-state index in [0.29, 0.717) is 12.1 Å². The number of rotatable bonds is 7. The third-order valence-electron chi connectivity index (χ3n) is 5.24. The van der Waals surface area contributed by atoms with Gasteiger partial charge in [-0.05, 0) is 31.4 Å². The van der Waals surface area contributed by atoms with Gasteiger partial charge in [0.1, 0.15) is 11.7 Å². The van der Waals surface area contributed by atoms with Crippen LogP contribution in [0, 0.1) is 12.8 Å². The van der Waals surface area contributed by atoms with Gasteiger partial charge in [-0.15, -0.1) is 0 Å². The van der Waals surface area contributed by atoms with Gasteiger partial charge in [0.25, 0.3) is 0 Å². The quantitative estimate of drug-likeness (QED) is 0.691. The van der Waals surface area contributed by atoms with E-state index >= 15 is 0 Å². The number of benzene rings is 2. The largest absolute Gasteiger partial charge is 0.510 e. The monoisotopic (exact) mass is 379 g/mol. The van der Waals surface area contributed by atoms with Gasteiger partial charge in [-0.2, -0.15) is 0 Å². The first-order valence-electron chi connectivity index (χ1n) is 9.95. The van der Waals surface area contributed by atoms with Crippen LogP contribution >= 0.6 is 0 Å². The maximum Gasteiger partial charge on any atom is 0.175 e.